The van der Waals surface area contributed by atoms with Crippen molar-refractivity contribution >= 4 is 11.9 Å². The lowest BCUT2D eigenvalue weighted by atomic mass is 10.0. The zero-order valence-electron chi connectivity index (χ0n) is 7.28. The molecule has 0 aromatic rings. The van der Waals surface area contributed by atoms with Crippen molar-refractivity contribution in [3.8, 4) is 0 Å². The second kappa shape index (κ2) is 3.13. The van der Waals surface area contributed by atoms with Crippen molar-refractivity contribution in [2.75, 3.05) is 6.54 Å². The highest BCUT2D eigenvalue weighted by Crippen LogP contribution is 2.23. The van der Waals surface area contributed by atoms with E-state index in [1.807, 2.05) is 6.92 Å². The molecule has 0 aliphatic carbocycles. The standard InChI is InChI=1S/C8H13NO3/c1-5-3-4-9(6(2)10)7(5)8(11)12/h5,7H,3-4H2,1-2H3,(H,11,12)/t5-,7+/m0/s1. The molecule has 1 fully saturated rings. The van der Waals surface area contributed by atoms with Crippen molar-refractivity contribution in [2.45, 2.75) is 26.3 Å². The smallest absolute Gasteiger partial charge is 0.326 e. The first-order valence-corrected chi connectivity index (χ1v) is 4.04. The lowest BCUT2D eigenvalue weighted by molar-refractivity contribution is -0.148. The Morgan fingerprint density at radius 3 is 2.42 bits per heavy atom. The van der Waals surface area contributed by atoms with Gasteiger partial charge in [0.1, 0.15) is 6.04 Å². The minimum atomic E-state index is -0.893. The summed E-state index contributed by atoms with van der Waals surface area (Å²) in [6.45, 7) is 3.85. The van der Waals surface area contributed by atoms with E-state index in [0.29, 0.717) is 6.54 Å². The molecule has 0 spiro atoms. The highest BCUT2D eigenvalue weighted by Gasteiger charge is 2.37. The molecule has 0 bridgehead atoms. The third-order valence-corrected chi connectivity index (χ3v) is 2.36. The minimum absolute atomic E-state index is 0.0754. The molecule has 1 amide bonds. The minimum Gasteiger partial charge on any atom is -0.480 e. The molecule has 0 aromatic carbocycles. The molecule has 4 nitrogen and oxygen atoms in total. The highest BCUT2D eigenvalue weighted by molar-refractivity contribution is 5.83. The van der Waals surface area contributed by atoms with Crippen LogP contribution in [0, 0.1) is 5.92 Å². The van der Waals surface area contributed by atoms with Crippen molar-refractivity contribution in [1.29, 1.82) is 0 Å². The first-order chi connectivity index (χ1) is 5.54. The van der Waals surface area contributed by atoms with Crippen molar-refractivity contribution in [3.63, 3.8) is 0 Å². The topological polar surface area (TPSA) is 57.6 Å². The second-order valence-electron chi connectivity index (χ2n) is 3.26. The molecule has 1 aliphatic heterocycles. The van der Waals surface area contributed by atoms with Gasteiger partial charge in [0, 0.05) is 13.5 Å². The number of carboxylic acids is 1. The lowest BCUT2D eigenvalue weighted by Crippen LogP contribution is -2.41. The maximum atomic E-state index is 11.0. The van der Waals surface area contributed by atoms with Gasteiger partial charge >= 0.3 is 5.97 Å². The van der Waals surface area contributed by atoms with Crippen molar-refractivity contribution < 1.29 is 14.7 Å². The summed E-state index contributed by atoms with van der Waals surface area (Å²) in [5.74, 6) is -0.964. The monoisotopic (exact) mass is 171 g/mol. The molecule has 0 radical (unpaired) electrons. The fourth-order valence-electron chi connectivity index (χ4n) is 1.68. The molecule has 0 saturated carbocycles. The van der Waals surface area contributed by atoms with Gasteiger partial charge in [-0.15, -0.1) is 0 Å². The van der Waals surface area contributed by atoms with Crippen LogP contribution in [-0.2, 0) is 9.59 Å². The summed E-state index contributed by atoms with van der Waals surface area (Å²) in [7, 11) is 0. The fraction of sp³-hybridized carbons (Fsp3) is 0.750. The second-order valence-corrected chi connectivity index (χ2v) is 3.26. The van der Waals surface area contributed by atoms with Crippen molar-refractivity contribution in [1.82, 2.24) is 4.90 Å². The molecule has 2 atom stereocenters. The third kappa shape index (κ3) is 1.42. The normalized spacial score (nSPS) is 29.0. The number of likely N-dealkylation sites (tertiary alicyclic amines) is 1. The Kier molecular flexibility index (Phi) is 2.35. The molecule has 4 heteroatoms. The summed E-state index contributed by atoms with van der Waals surface area (Å²) >= 11 is 0. The molecule has 1 N–H and O–H groups in total. The number of hydrogen-bond acceptors (Lipinski definition) is 2. The first kappa shape index (κ1) is 9.03. The van der Waals surface area contributed by atoms with Crippen LogP contribution in [0.3, 0.4) is 0 Å². The zero-order chi connectivity index (χ0) is 9.30. The van der Waals surface area contributed by atoms with Crippen molar-refractivity contribution in [2.24, 2.45) is 5.92 Å². The van der Waals surface area contributed by atoms with E-state index in [1.54, 1.807) is 0 Å². The number of carbonyl (C=O) groups excluding carboxylic acids is 1. The quantitative estimate of drug-likeness (QED) is 0.618. The van der Waals surface area contributed by atoms with Crippen LogP contribution >= 0.6 is 0 Å². The largest absolute Gasteiger partial charge is 0.480 e. The van der Waals surface area contributed by atoms with Gasteiger partial charge in [-0.2, -0.15) is 0 Å². The maximum Gasteiger partial charge on any atom is 0.326 e. The SMILES string of the molecule is CC(=O)N1CC[C@H](C)[C@@H]1C(=O)O. The molecule has 0 unspecified atom stereocenters. The summed E-state index contributed by atoms with van der Waals surface area (Å²) in [6, 6.07) is -0.609. The van der Waals surface area contributed by atoms with Crippen LogP contribution in [0.15, 0.2) is 0 Å². The van der Waals surface area contributed by atoms with Crippen LogP contribution in [-0.4, -0.2) is 34.5 Å². The van der Waals surface area contributed by atoms with E-state index in [1.165, 1.54) is 11.8 Å². The zero-order valence-corrected chi connectivity index (χ0v) is 7.28. The number of hydrogen-bond donors (Lipinski definition) is 1. The number of nitrogens with zero attached hydrogens (tertiary/aromatic N) is 1. The predicted molar refractivity (Wildman–Crippen MR) is 42.6 cm³/mol. The highest BCUT2D eigenvalue weighted by atomic mass is 16.4. The van der Waals surface area contributed by atoms with E-state index in [4.69, 9.17) is 5.11 Å². The van der Waals surface area contributed by atoms with Crippen molar-refractivity contribution in [3.05, 3.63) is 0 Å². The van der Waals surface area contributed by atoms with Gasteiger partial charge in [0.05, 0.1) is 0 Å². The van der Waals surface area contributed by atoms with Crippen LogP contribution in [0.2, 0.25) is 0 Å². The number of carboxylic acid groups (broad SMARTS) is 1. The van der Waals surface area contributed by atoms with E-state index in [2.05, 4.69) is 0 Å². The number of amides is 1. The molecule has 1 aliphatic rings. The molecule has 0 aromatic heterocycles. The summed E-state index contributed by atoms with van der Waals surface area (Å²) in [5, 5.41) is 8.81. The summed E-state index contributed by atoms with van der Waals surface area (Å²) < 4.78 is 0. The van der Waals surface area contributed by atoms with Crippen LogP contribution in [0.5, 0.6) is 0 Å². The van der Waals surface area contributed by atoms with Gasteiger partial charge in [-0.25, -0.2) is 4.79 Å². The Hall–Kier alpha value is -1.06. The first-order valence-electron chi connectivity index (χ1n) is 4.04. The van der Waals surface area contributed by atoms with Crippen LogP contribution in [0.25, 0.3) is 0 Å². The van der Waals surface area contributed by atoms with Crippen LogP contribution < -0.4 is 0 Å². The molecule has 1 rings (SSSR count). The predicted octanol–water partition coefficient (Wildman–Crippen LogP) is 0.328. The molecule has 12 heavy (non-hydrogen) atoms. The van der Waals surface area contributed by atoms with E-state index < -0.39 is 12.0 Å². The number of aliphatic carboxylic acids is 1. The van der Waals surface area contributed by atoms with Gasteiger partial charge < -0.3 is 10.0 Å². The van der Waals surface area contributed by atoms with Gasteiger partial charge in [-0.3, -0.25) is 4.79 Å². The Morgan fingerprint density at radius 1 is 1.50 bits per heavy atom. The average Bonchev–Trinajstić information content (AvgIpc) is 2.30. The molecule has 1 heterocycles. The van der Waals surface area contributed by atoms with Crippen LogP contribution in [0.1, 0.15) is 20.3 Å². The Balaban J connectivity index is 2.77. The Morgan fingerprint density at radius 2 is 2.08 bits per heavy atom. The summed E-state index contributed by atoms with van der Waals surface area (Å²) in [6.07, 6.45) is 0.788. The van der Waals surface area contributed by atoms with Crippen LogP contribution in [0.4, 0.5) is 0 Å². The van der Waals surface area contributed by atoms with E-state index >= 15 is 0 Å². The average molecular weight is 171 g/mol. The van der Waals surface area contributed by atoms with Gasteiger partial charge in [-0.1, -0.05) is 6.92 Å². The number of rotatable bonds is 1. The van der Waals surface area contributed by atoms with Gasteiger partial charge in [0.15, 0.2) is 0 Å². The van der Waals surface area contributed by atoms with E-state index in [9.17, 15) is 9.59 Å². The van der Waals surface area contributed by atoms with Gasteiger partial charge in [0.25, 0.3) is 0 Å². The molecule has 68 valence electrons. The molecule has 1 saturated heterocycles. The number of carbonyl (C=O) groups is 2. The van der Waals surface area contributed by atoms with Gasteiger partial charge in [0.2, 0.25) is 5.91 Å². The molecular formula is C8H13NO3. The van der Waals surface area contributed by atoms with Gasteiger partial charge in [-0.05, 0) is 12.3 Å². The Bertz CT molecular complexity index is 214. The summed E-state index contributed by atoms with van der Waals surface area (Å²) in [4.78, 5) is 23.1. The molecular weight excluding hydrogens is 158 g/mol. The van der Waals surface area contributed by atoms with E-state index in [-0.39, 0.29) is 11.8 Å². The lowest BCUT2D eigenvalue weighted by Gasteiger charge is -2.21. The fourth-order valence-corrected chi connectivity index (χ4v) is 1.68. The third-order valence-electron chi connectivity index (χ3n) is 2.36. The van der Waals surface area contributed by atoms with E-state index in [0.717, 1.165) is 6.42 Å². The summed E-state index contributed by atoms with van der Waals surface area (Å²) in [5.41, 5.74) is 0. The maximum absolute atomic E-state index is 11.0. The Labute approximate surface area is 71.2 Å².